The summed E-state index contributed by atoms with van der Waals surface area (Å²) in [5.74, 6) is 0.862. The molecule has 0 aliphatic carbocycles. The number of nitrogens with one attached hydrogen (secondary N) is 1. The van der Waals surface area contributed by atoms with E-state index >= 15 is 0 Å². The maximum absolute atomic E-state index is 13.0. The van der Waals surface area contributed by atoms with Gasteiger partial charge in [-0.05, 0) is 31.5 Å². The van der Waals surface area contributed by atoms with Crippen LogP contribution in [0.2, 0.25) is 0 Å². The van der Waals surface area contributed by atoms with E-state index in [1.54, 1.807) is 6.07 Å². The summed E-state index contributed by atoms with van der Waals surface area (Å²) < 4.78 is 18.9. The van der Waals surface area contributed by atoms with Gasteiger partial charge < -0.3 is 10.1 Å². The summed E-state index contributed by atoms with van der Waals surface area (Å²) in [7, 11) is 0. The van der Waals surface area contributed by atoms with Gasteiger partial charge in [-0.2, -0.15) is 0 Å². The van der Waals surface area contributed by atoms with Gasteiger partial charge in [-0.1, -0.05) is 13.0 Å². The van der Waals surface area contributed by atoms with Crippen molar-refractivity contribution in [2.75, 3.05) is 13.1 Å². The SMILES string of the molecule is CC1CNCCCC1Oc1cccc(F)c1. The van der Waals surface area contributed by atoms with E-state index < -0.39 is 0 Å². The van der Waals surface area contributed by atoms with Gasteiger partial charge in [0.25, 0.3) is 0 Å². The van der Waals surface area contributed by atoms with E-state index in [-0.39, 0.29) is 11.9 Å². The second-order valence-corrected chi connectivity index (χ2v) is 4.44. The number of ether oxygens (including phenoxy) is 1. The first-order chi connectivity index (χ1) is 7.75. The van der Waals surface area contributed by atoms with Crippen LogP contribution in [0.3, 0.4) is 0 Å². The second-order valence-electron chi connectivity index (χ2n) is 4.44. The maximum Gasteiger partial charge on any atom is 0.126 e. The monoisotopic (exact) mass is 223 g/mol. The van der Waals surface area contributed by atoms with Gasteiger partial charge in [0, 0.05) is 18.5 Å². The molecule has 0 aromatic heterocycles. The molecule has 1 heterocycles. The smallest absolute Gasteiger partial charge is 0.126 e. The largest absolute Gasteiger partial charge is 0.490 e. The first kappa shape index (κ1) is 11.4. The van der Waals surface area contributed by atoms with Gasteiger partial charge in [0.15, 0.2) is 0 Å². The van der Waals surface area contributed by atoms with Crippen LogP contribution in [0.4, 0.5) is 4.39 Å². The summed E-state index contributed by atoms with van der Waals surface area (Å²) in [6.07, 6.45) is 2.34. The Balaban J connectivity index is 2.02. The minimum atomic E-state index is -0.239. The Morgan fingerprint density at radius 2 is 2.31 bits per heavy atom. The van der Waals surface area contributed by atoms with Crippen molar-refractivity contribution >= 4 is 0 Å². The standard InChI is InChI=1S/C13H18FNO/c1-10-9-15-7-3-6-13(10)16-12-5-2-4-11(14)8-12/h2,4-5,8,10,13,15H,3,6-7,9H2,1H3. The normalized spacial score (nSPS) is 26.1. The van der Waals surface area contributed by atoms with E-state index in [9.17, 15) is 4.39 Å². The lowest BCUT2D eigenvalue weighted by Gasteiger charge is -2.22. The molecule has 0 spiro atoms. The van der Waals surface area contributed by atoms with E-state index in [0.717, 1.165) is 25.9 Å². The highest BCUT2D eigenvalue weighted by Crippen LogP contribution is 2.21. The number of hydrogen-bond acceptors (Lipinski definition) is 2. The summed E-state index contributed by atoms with van der Waals surface area (Å²) in [6.45, 7) is 4.19. The molecule has 2 atom stereocenters. The molecule has 88 valence electrons. The van der Waals surface area contributed by atoms with Crippen molar-refractivity contribution in [3.63, 3.8) is 0 Å². The first-order valence-corrected chi connectivity index (χ1v) is 5.88. The van der Waals surface area contributed by atoms with Crippen LogP contribution in [-0.4, -0.2) is 19.2 Å². The summed E-state index contributed by atoms with van der Waals surface area (Å²) in [4.78, 5) is 0. The van der Waals surface area contributed by atoms with E-state index in [1.165, 1.54) is 12.1 Å². The molecule has 1 N–H and O–H groups in total. The molecule has 0 radical (unpaired) electrons. The van der Waals surface area contributed by atoms with Gasteiger partial charge in [0.2, 0.25) is 0 Å². The van der Waals surface area contributed by atoms with Crippen LogP contribution in [-0.2, 0) is 0 Å². The van der Waals surface area contributed by atoms with Crippen LogP contribution in [0.1, 0.15) is 19.8 Å². The molecule has 0 saturated carbocycles. The molecule has 2 nitrogen and oxygen atoms in total. The molecule has 3 heteroatoms. The van der Waals surface area contributed by atoms with Gasteiger partial charge in [0.05, 0.1) is 0 Å². The number of benzene rings is 1. The van der Waals surface area contributed by atoms with E-state index in [1.807, 2.05) is 6.07 Å². The molecule has 2 rings (SSSR count). The summed E-state index contributed by atoms with van der Waals surface area (Å²) in [5.41, 5.74) is 0. The van der Waals surface area contributed by atoms with E-state index in [2.05, 4.69) is 12.2 Å². The fraction of sp³-hybridized carbons (Fsp3) is 0.538. The Morgan fingerprint density at radius 3 is 3.12 bits per heavy atom. The molecule has 0 bridgehead atoms. The lowest BCUT2D eigenvalue weighted by atomic mass is 10.0. The van der Waals surface area contributed by atoms with Crippen molar-refractivity contribution in [3.8, 4) is 5.75 Å². The minimum absolute atomic E-state index is 0.191. The Morgan fingerprint density at radius 1 is 1.44 bits per heavy atom. The van der Waals surface area contributed by atoms with Crippen LogP contribution >= 0.6 is 0 Å². The zero-order valence-electron chi connectivity index (χ0n) is 9.58. The summed E-state index contributed by atoms with van der Waals surface area (Å²) >= 11 is 0. The zero-order valence-corrected chi connectivity index (χ0v) is 9.58. The third-order valence-electron chi connectivity index (χ3n) is 3.03. The van der Waals surface area contributed by atoms with Crippen molar-refractivity contribution in [3.05, 3.63) is 30.1 Å². The van der Waals surface area contributed by atoms with E-state index in [4.69, 9.17) is 4.74 Å². The molecule has 1 aromatic carbocycles. The fourth-order valence-corrected chi connectivity index (χ4v) is 2.06. The molecule has 2 unspecified atom stereocenters. The lowest BCUT2D eigenvalue weighted by Crippen LogP contribution is -2.29. The van der Waals surface area contributed by atoms with Crippen LogP contribution < -0.4 is 10.1 Å². The van der Waals surface area contributed by atoms with E-state index in [0.29, 0.717) is 11.7 Å². The van der Waals surface area contributed by atoms with Crippen molar-refractivity contribution in [1.29, 1.82) is 0 Å². The van der Waals surface area contributed by atoms with Crippen molar-refractivity contribution in [1.82, 2.24) is 5.32 Å². The number of halogens is 1. The molecule has 1 aliphatic rings. The Hall–Kier alpha value is -1.09. The molecule has 16 heavy (non-hydrogen) atoms. The average Bonchev–Trinajstić information content (AvgIpc) is 2.45. The van der Waals surface area contributed by atoms with Crippen molar-refractivity contribution in [2.45, 2.75) is 25.9 Å². The van der Waals surface area contributed by atoms with Crippen LogP contribution in [0.25, 0.3) is 0 Å². The number of rotatable bonds is 2. The molecule has 1 aliphatic heterocycles. The molecule has 1 saturated heterocycles. The zero-order chi connectivity index (χ0) is 11.4. The second kappa shape index (κ2) is 5.30. The third-order valence-corrected chi connectivity index (χ3v) is 3.03. The van der Waals surface area contributed by atoms with Crippen LogP contribution in [0.5, 0.6) is 5.75 Å². The highest BCUT2D eigenvalue weighted by Gasteiger charge is 2.21. The van der Waals surface area contributed by atoms with Gasteiger partial charge in [-0.3, -0.25) is 0 Å². The minimum Gasteiger partial charge on any atom is -0.490 e. The van der Waals surface area contributed by atoms with Gasteiger partial charge in [-0.15, -0.1) is 0 Å². The quantitative estimate of drug-likeness (QED) is 0.832. The Bertz CT molecular complexity index is 342. The Labute approximate surface area is 95.8 Å². The molecular weight excluding hydrogens is 205 g/mol. The molecular formula is C13H18FNO. The average molecular weight is 223 g/mol. The van der Waals surface area contributed by atoms with Crippen LogP contribution in [0, 0.1) is 11.7 Å². The third kappa shape index (κ3) is 2.95. The van der Waals surface area contributed by atoms with Crippen LogP contribution in [0.15, 0.2) is 24.3 Å². The van der Waals surface area contributed by atoms with Gasteiger partial charge in [-0.25, -0.2) is 4.39 Å². The van der Waals surface area contributed by atoms with Crippen molar-refractivity contribution < 1.29 is 9.13 Å². The molecule has 1 fully saturated rings. The Kier molecular flexibility index (Phi) is 3.78. The number of hydrogen-bond donors (Lipinski definition) is 1. The van der Waals surface area contributed by atoms with Gasteiger partial charge >= 0.3 is 0 Å². The highest BCUT2D eigenvalue weighted by molar-refractivity contribution is 5.22. The predicted octanol–water partition coefficient (Wildman–Crippen LogP) is 2.59. The topological polar surface area (TPSA) is 21.3 Å². The maximum atomic E-state index is 13.0. The molecule has 0 amide bonds. The first-order valence-electron chi connectivity index (χ1n) is 5.88. The molecule has 1 aromatic rings. The lowest BCUT2D eigenvalue weighted by molar-refractivity contribution is 0.140. The fourth-order valence-electron chi connectivity index (χ4n) is 2.06. The van der Waals surface area contributed by atoms with Crippen molar-refractivity contribution in [2.24, 2.45) is 5.92 Å². The predicted molar refractivity (Wildman–Crippen MR) is 62.1 cm³/mol. The summed E-state index contributed by atoms with van der Waals surface area (Å²) in [6, 6.07) is 6.38. The highest BCUT2D eigenvalue weighted by atomic mass is 19.1. The van der Waals surface area contributed by atoms with Gasteiger partial charge in [0.1, 0.15) is 17.7 Å². The summed E-state index contributed by atoms with van der Waals surface area (Å²) in [5, 5.41) is 3.37.